The standard InChI is InChI=1S/C7H11/c1-2-4-6-7-5-3-1/h1H,2,4-7H2/q-1. The molecule has 0 bridgehead atoms. The van der Waals surface area contributed by atoms with Gasteiger partial charge in [0.15, 0.2) is 0 Å². The van der Waals surface area contributed by atoms with Crippen LogP contribution in [0, 0.1) is 6.08 Å². The second-order valence-corrected chi connectivity index (χ2v) is 2.01. The Kier molecular flexibility index (Phi) is 1.98. The quantitative estimate of drug-likeness (QED) is 0.405. The molecule has 0 aromatic rings. The molecule has 0 heteroatoms. The van der Waals surface area contributed by atoms with Crippen LogP contribution in [-0.2, 0) is 0 Å². The van der Waals surface area contributed by atoms with Gasteiger partial charge in [-0.15, -0.1) is 0 Å². The molecule has 0 saturated heterocycles. The van der Waals surface area contributed by atoms with Gasteiger partial charge in [0.2, 0.25) is 0 Å². The van der Waals surface area contributed by atoms with Gasteiger partial charge in [-0.2, -0.15) is 6.42 Å². The summed E-state index contributed by atoms with van der Waals surface area (Å²) < 4.78 is 0. The van der Waals surface area contributed by atoms with Gasteiger partial charge in [0.25, 0.3) is 0 Å². The van der Waals surface area contributed by atoms with E-state index in [4.69, 9.17) is 0 Å². The lowest BCUT2D eigenvalue weighted by molar-refractivity contribution is 0.715. The third-order valence-corrected chi connectivity index (χ3v) is 1.31. The molecule has 0 saturated carbocycles. The zero-order chi connectivity index (χ0) is 4.95. The summed E-state index contributed by atoms with van der Waals surface area (Å²) in [7, 11) is 0. The van der Waals surface area contributed by atoms with Crippen LogP contribution in [0.3, 0.4) is 0 Å². The van der Waals surface area contributed by atoms with E-state index < -0.39 is 0 Å². The summed E-state index contributed by atoms with van der Waals surface area (Å²) in [6.07, 6.45) is 12.0. The molecular weight excluding hydrogens is 84.1 g/mol. The Bertz CT molecular complexity index is 54.4. The van der Waals surface area contributed by atoms with E-state index in [9.17, 15) is 0 Å². The van der Waals surface area contributed by atoms with E-state index in [2.05, 4.69) is 12.2 Å². The maximum absolute atomic E-state index is 3.22. The van der Waals surface area contributed by atoms with Gasteiger partial charge in [0, 0.05) is 0 Å². The third-order valence-electron chi connectivity index (χ3n) is 1.31. The second kappa shape index (κ2) is 2.84. The van der Waals surface area contributed by atoms with Crippen molar-refractivity contribution < 1.29 is 0 Å². The molecule has 0 atom stereocenters. The first-order valence-electron chi connectivity index (χ1n) is 3.05. The molecule has 0 aliphatic heterocycles. The molecule has 0 radical (unpaired) electrons. The monoisotopic (exact) mass is 95.1 g/mol. The lowest BCUT2D eigenvalue weighted by atomic mass is 10.2. The molecule has 1 rings (SSSR count). The predicted molar refractivity (Wildman–Crippen MR) is 30.9 cm³/mol. The highest BCUT2D eigenvalue weighted by Crippen LogP contribution is 2.08. The molecule has 0 unspecified atom stereocenters. The largest absolute Gasteiger partial charge is 0.501 e. The molecule has 0 N–H and O–H groups in total. The Hall–Kier alpha value is -0.260. The van der Waals surface area contributed by atoms with E-state index in [-0.39, 0.29) is 0 Å². The lowest BCUT2D eigenvalue weighted by Gasteiger charge is -1.94. The first-order valence-corrected chi connectivity index (χ1v) is 3.05. The fraction of sp³-hybridized carbons (Fsp3) is 0.714. The average Bonchev–Trinajstić information content (AvgIpc) is 1.90. The summed E-state index contributed by atoms with van der Waals surface area (Å²) in [5, 5.41) is 0. The van der Waals surface area contributed by atoms with Crippen LogP contribution in [0.5, 0.6) is 0 Å². The van der Waals surface area contributed by atoms with E-state index in [1.807, 2.05) is 0 Å². The molecule has 0 amide bonds. The van der Waals surface area contributed by atoms with E-state index in [0.29, 0.717) is 0 Å². The van der Waals surface area contributed by atoms with Crippen LogP contribution < -0.4 is 0 Å². The molecule has 40 valence electrons. The first kappa shape index (κ1) is 4.89. The van der Waals surface area contributed by atoms with Gasteiger partial charge >= 0.3 is 0 Å². The molecular formula is C7H11-. The van der Waals surface area contributed by atoms with E-state index >= 15 is 0 Å². The molecule has 1 aliphatic carbocycles. The normalized spacial score (nSPS) is 21.7. The van der Waals surface area contributed by atoms with E-state index in [0.717, 1.165) is 0 Å². The molecule has 0 aromatic heterocycles. The van der Waals surface area contributed by atoms with Crippen molar-refractivity contribution in [2.75, 3.05) is 0 Å². The second-order valence-electron chi connectivity index (χ2n) is 2.01. The predicted octanol–water partition coefficient (Wildman–Crippen LogP) is 2.31. The minimum Gasteiger partial charge on any atom is -0.501 e. The number of hydrogen-bond acceptors (Lipinski definition) is 0. The van der Waals surface area contributed by atoms with Gasteiger partial charge in [-0.3, -0.25) is 6.08 Å². The molecule has 0 aromatic carbocycles. The first-order chi connectivity index (χ1) is 3.50. The van der Waals surface area contributed by atoms with Crippen molar-refractivity contribution in [1.29, 1.82) is 0 Å². The van der Waals surface area contributed by atoms with Gasteiger partial charge < -0.3 is 6.08 Å². The topological polar surface area (TPSA) is 0 Å². The minimum atomic E-state index is 1.19. The van der Waals surface area contributed by atoms with Crippen molar-refractivity contribution in [2.45, 2.75) is 32.1 Å². The molecule has 7 heavy (non-hydrogen) atoms. The molecule has 0 fully saturated rings. The SMILES string of the molecule is [C-]1=CCCCCC1. The van der Waals surface area contributed by atoms with Crippen LogP contribution in [0.2, 0.25) is 0 Å². The molecule has 0 nitrogen and oxygen atoms in total. The van der Waals surface area contributed by atoms with Gasteiger partial charge in [-0.1, -0.05) is 25.7 Å². The summed E-state index contributed by atoms with van der Waals surface area (Å²) in [6, 6.07) is 0. The van der Waals surface area contributed by atoms with Crippen LogP contribution in [-0.4, -0.2) is 0 Å². The highest BCUT2D eigenvalue weighted by molar-refractivity contribution is 4.76. The summed E-state index contributed by atoms with van der Waals surface area (Å²) in [4.78, 5) is 0. The van der Waals surface area contributed by atoms with Crippen molar-refractivity contribution in [1.82, 2.24) is 0 Å². The zero-order valence-corrected chi connectivity index (χ0v) is 4.61. The van der Waals surface area contributed by atoms with Gasteiger partial charge in [-0.05, 0) is 0 Å². The maximum Gasteiger partial charge on any atom is -0.0526 e. The number of rotatable bonds is 0. The Morgan fingerprint density at radius 1 is 1.14 bits per heavy atom. The number of allylic oxidation sites excluding steroid dienone is 2. The van der Waals surface area contributed by atoms with E-state index in [1.165, 1.54) is 32.1 Å². The highest BCUT2D eigenvalue weighted by atomic mass is 13.9. The Labute approximate surface area is 45.2 Å². The summed E-state index contributed by atoms with van der Waals surface area (Å²) in [5.41, 5.74) is 0. The molecule has 0 heterocycles. The summed E-state index contributed by atoms with van der Waals surface area (Å²) in [5.74, 6) is 0. The maximum atomic E-state index is 3.22. The fourth-order valence-electron chi connectivity index (χ4n) is 0.854. The van der Waals surface area contributed by atoms with Gasteiger partial charge in [0.05, 0.1) is 0 Å². The Morgan fingerprint density at radius 3 is 3.14 bits per heavy atom. The molecule has 1 aliphatic rings. The molecule has 0 spiro atoms. The summed E-state index contributed by atoms with van der Waals surface area (Å²) >= 11 is 0. The smallest absolute Gasteiger partial charge is 0.0526 e. The van der Waals surface area contributed by atoms with Crippen LogP contribution in [0.1, 0.15) is 32.1 Å². The van der Waals surface area contributed by atoms with Crippen molar-refractivity contribution in [2.24, 2.45) is 0 Å². The van der Waals surface area contributed by atoms with Gasteiger partial charge in [-0.25, -0.2) is 0 Å². The Morgan fingerprint density at radius 2 is 2.14 bits per heavy atom. The van der Waals surface area contributed by atoms with Crippen molar-refractivity contribution in [3.63, 3.8) is 0 Å². The zero-order valence-electron chi connectivity index (χ0n) is 4.61. The van der Waals surface area contributed by atoms with Gasteiger partial charge in [0.1, 0.15) is 0 Å². The van der Waals surface area contributed by atoms with Crippen molar-refractivity contribution in [3.05, 3.63) is 12.2 Å². The minimum absolute atomic E-state index is 1.19. The van der Waals surface area contributed by atoms with Crippen LogP contribution in [0.4, 0.5) is 0 Å². The van der Waals surface area contributed by atoms with Crippen molar-refractivity contribution >= 4 is 0 Å². The fourth-order valence-corrected chi connectivity index (χ4v) is 0.854. The third kappa shape index (κ3) is 1.77. The number of hydrogen-bond donors (Lipinski definition) is 0. The lowest BCUT2D eigenvalue weighted by Crippen LogP contribution is -1.67. The average molecular weight is 95.2 g/mol. The van der Waals surface area contributed by atoms with Crippen molar-refractivity contribution in [3.8, 4) is 0 Å². The van der Waals surface area contributed by atoms with Crippen LogP contribution in [0.15, 0.2) is 6.08 Å². The van der Waals surface area contributed by atoms with E-state index in [1.54, 1.807) is 0 Å². The summed E-state index contributed by atoms with van der Waals surface area (Å²) in [6.45, 7) is 0. The van der Waals surface area contributed by atoms with Crippen LogP contribution >= 0.6 is 0 Å². The van der Waals surface area contributed by atoms with Crippen LogP contribution in [0.25, 0.3) is 0 Å². The highest BCUT2D eigenvalue weighted by Gasteiger charge is 1.81. The Balaban J connectivity index is 2.20.